The molecule has 0 radical (unpaired) electrons. The van der Waals surface area contributed by atoms with Crippen molar-refractivity contribution in [2.45, 2.75) is 13.5 Å². The maximum absolute atomic E-state index is 5.60. The van der Waals surface area contributed by atoms with Crippen LogP contribution < -0.4 is 19.0 Å². The first-order valence-electron chi connectivity index (χ1n) is 11.8. The highest BCUT2D eigenvalue weighted by Gasteiger charge is 2.17. The predicted octanol–water partition coefficient (Wildman–Crippen LogP) is 6.02. The molecule has 8 heteroatoms. The van der Waals surface area contributed by atoms with Crippen molar-refractivity contribution in [1.29, 1.82) is 0 Å². The Morgan fingerprint density at radius 2 is 1.62 bits per heavy atom. The standard InChI is InChI=1S/C29H28N4O3S/c1-19-23(22-12-8-9-13-24(22)32-19)17-31-33-25(18-37-29(33)30-16-20-10-6-5-7-11-20)21-14-26(34-2)28(36-4)27(15-21)35-3/h5-15,17-18,32H,16H2,1-4H3. The van der Waals surface area contributed by atoms with Crippen LogP contribution in [0, 0.1) is 6.92 Å². The van der Waals surface area contributed by atoms with Gasteiger partial charge in [0.1, 0.15) is 0 Å². The van der Waals surface area contributed by atoms with Crippen LogP contribution in [0.5, 0.6) is 17.2 Å². The largest absolute Gasteiger partial charge is 0.493 e. The molecule has 0 bridgehead atoms. The van der Waals surface area contributed by atoms with E-state index >= 15 is 0 Å². The SMILES string of the molecule is COc1cc(-c2csc(=NCc3ccccc3)n2N=Cc2c(C)[nH]c3ccccc23)cc(OC)c1OC. The second-order valence-corrected chi connectivity index (χ2v) is 9.22. The van der Waals surface area contributed by atoms with Gasteiger partial charge in [0.05, 0.1) is 39.8 Å². The molecule has 37 heavy (non-hydrogen) atoms. The Morgan fingerprint density at radius 3 is 2.32 bits per heavy atom. The minimum absolute atomic E-state index is 0.544. The quantitative estimate of drug-likeness (QED) is 0.259. The predicted molar refractivity (Wildman–Crippen MR) is 149 cm³/mol. The molecule has 5 aromatic rings. The number of para-hydroxylation sites is 1. The summed E-state index contributed by atoms with van der Waals surface area (Å²) in [6, 6.07) is 22.3. The van der Waals surface area contributed by atoms with Gasteiger partial charge in [-0.3, -0.25) is 4.99 Å². The monoisotopic (exact) mass is 512 g/mol. The first-order chi connectivity index (χ1) is 18.1. The summed E-state index contributed by atoms with van der Waals surface area (Å²) < 4.78 is 18.6. The molecular formula is C29H28N4O3S. The number of rotatable bonds is 8. The van der Waals surface area contributed by atoms with Gasteiger partial charge >= 0.3 is 0 Å². The van der Waals surface area contributed by atoms with E-state index in [2.05, 4.69) is 36.2 Å². The molecule has 0 fully saturated rings. The fraction of sp³-hybridized carbons (Fsp3) is 0.172. The van der Waals surface area contributed by atoms with Gasteiger partial charge in [-0.25, -0.2) is 4.68 Å². The number of fused-ring (bicyclic) bond motifs is 1. The number of nitrogens with zero attached hydrogens (tertiary/aromatic N) is 3. The molecule has 188 valence electrons. The molecule has 0 spiro atoms. The first kappa shape index (κ1) is 24.4. The lowest BCUT2D eigenvalue weighted by Gasteiger charge is -2.14. The van der Waals surface area contributed by atoms with Crippen molar-refractivity contribution in [1.82, 2.24) is 9.66 Å². The number of H-pyrrole nitrogens is 1. The van der Waals surface area contributed by atoms with E-state index in [-0.39, 0.29) is 0 Å². The van der Waals surface area contributed by atoms with Gasteiger partial charge in [0.2, 0.25) is 10.6 Å². The summed E-state index contributed by atoms with van der Waals surface area (Å²) >= 11 is 1.53. The number of nitrogens with one attached hydrogen (secondary N) is 1. The summed E-state index contributed by atoms with van der Waals surface area (Å²) in [5.41, 5.74) is 6.05. The minimum Gasteiger partial charge on any atom is -0.493 e. The zero-order valence-electron chi connectivity index (χ0n) is 21.2. The molecule has 0 atom stereocenters. The van der Waals surface area contributed by atoms with Crippen LogP contribution in [0.1, 0.15) is 16.8 Å². The number of aromatic amines is 1. The van der Waals surface area contributed by atoms with E-state index < -0.39 is 0 Å². The molecule has 5 rings (SSSR count). The fourth-order valence-electron chi connectivity index (χ4n) is 4.27. The molecule has 0 amide bonds. The van der Waals surface area contributed by atoms with Crippen LogP contribution in [0.25, 0.3) is 22.2 Å². The fourth-order valence-corrected chi connectivity index (χ4v) is 5.11. The molecular weight excluding hydrogens is 484 g/mol. The summed E-state index contributed by atoms with van der Waals surface area (Å²) in [4.78, 5) is 9.12. The van der Waals surface area contributed by atoms with Gasteiger partial charge in [0.15, 0.2) is 11.5 Å². The molecule has 0 saturated carbocycles. The van der Waals surface area contributed by atoms with Gasteiger partial charge in [0.25, 0.3) is 0 Å². The Balaban J connectivity index is 1.66. The third kappa shape index (κ3) is 4.88. The third-order valence-electron chi connectivity index (χ3n) is 6.13. The lowest BCUT2D eigenvalue weighted by molar-refractivity contribution is 0.324. The van der Waals surface area contributed by atoms with Crippen LogP contribution in [0.4, 0.5) is 0 Å². The molecule has 1 N–H and O–H groups in total. The van der Waals surface area contributed by atoms with E-state index in [0.717, 1.165) is 43.8 Å². The van der Waals surface area contributed by atoms with Crippen LogP contribution in [-0.4, -0.2) is 37.2 Å². The van der Waals surface area contributed by atoms with Crippen molar-refractivity contribution in [2.24, 2.45) is 10.1 Å². The zero-order chi connectivity index (χ0) is 25.8. The number of hydrogen-bond acceptors (Lipinski definition) is 6. The van der Waals surface area contributed by atoms with Gasteiger partial charge in [0, 0.05) is 33.1 Å². The number of benzene rings is 3. The lowest BCUT2D eigenvalue weighted by atomic mass is 10.1. The Morgan fingerprint density at radius 1 is 0.919 bits per heavy atom. The molecule has 0 aliphatic carbocycles. The number of ether oxygens (including phenoxy) is 3. The van der Waals surface area contributed by atoms with Crippen LogP contribution in [0.3, 0.4) is 0 Å². The Kier molecular flexibility index (Phi) is 7.09. The zero-order valence-corrected chi connectivity index (χ0v) is 22.0. The highest BCUT2D eigenvalue weighted by Crippen LogP contribution is 2.41. The van der Waals surface area contributed by atoms with Gasteiger partial charge < -0.3 is 19.2 Å². The summed E-state index contributed by atoms with van der Waals surface area (Å²) in [7, 11) is 4.82. The molecule has 7 nitrogen and oxygen atoms in total. The van der Waals surface area contributed by atoms with Crippen LogP contribution in [0.15, 0.2) is 82.2 Å². The van der Waals surface area contributed by atoms with E-state index in [4.69, 9.17) is 24.3 Å². The average Bonchev–Trinajstić information content (AvgIpc) is 3.49. The smallest absolute Gasteiger partial charge is 0.206 e. The second kappa shape index (κ2) is 10.8. The maximum Gasteiger partial charge on any atom is 0.206 e. The lowest BCUT2D eigenvalue weighted by Crippen LogP contribution is -2.12. The molecule has 0 aliphatic rings. The van der Waals surface area contributed by atoms with E-state index in [9.17, 15) is 0 Å². The molecule has 0 unspecified atom stereocenters. The highest BCUT2D eigenvalue weighted by atomic mass is 32.1. The van der Waals surface area contributed by atoms with Crippen molar-refractivity contribution in [3.63, 3.8) is 0 Å². The number of thiazole rings is 1. The van der Waals surface area contributed by atoms with Crippen molar-refractivity contribution in [3.8, 4) is 28.5 Å². The summed E-state index contributed by atoms with van der Waals surface area (Å²) in [6.45, 7) is 2.61. The number of methoxy groups -OCH3 is 3. The van der Waals surface area contributed by atoms with Crippen molar-refractivity contribution in [3.05, 3.63) is 93.7 Å². The Labute approximate surface area is 219 Å². The van der Waals surface area contributed by atoms with E-state index in [0.29, 0.717) is 23.8 Å². The van der Waals surface area contributed by atoms with Gasteiger partial charge in [-0.2, -0.15) is 5.10 Å². The van der Waals surface area contributed by atoms with Crippen LogP contribution in [-0.2, 0) is 6.54 Å². The number of aromatic nitrogens is 2. The molecule has 2 heterocycles. The molecule has 3 aromatic carbocycles. The minimum atomic E-state index is 0.544. The maximum atomic E-state index is 5.60. The number of hydrogen-bond donors (Lipinski definition) is 1. The van der Waals surface area contributed by atoms with Crippen molar-refractivity contribution < 1.29 is 14.2 Å². The van der Waals surface area contributed by atoms with Gasteiger partial charge in [-0.05, 0) is 30.7 Å². The second-order valence-electron chi connectivity index (χ2n) is 8.38. The van der Waals surface area contributed by atoms with Gasteiger partial charge in [-0.15, -0.1) is 11.3 Å². The summed E-state index contributed by atoms with van der Waals surface area (Å²) in [5.74, 6) is 1.70. The van der Waals surface area contributed by atoms with Crippen LogP contribution in [0.2, 0.25) is 0 Å². The van der Waals surface area contributed by atoms with Crippen molar-refractivity contribution in [2.75, 3.05) is 21.3 Å². The topological polar surface area (TPSA) is 73.1 Å². The van der Waals surface area contributed by atoms with Gasteiger partial charge in [-0.1, -0.05) is 48.5 Å². The average molecular weight is 513 g/mol. The Hall–Kier alpha value is -4.30. The van der Waals surface area contributed by atoms with E-state index in [1.54, 1.807) is 21.3 Å². The molecule has 2 aromatic heterocycles. The highest BCUT2D eigenvalue weighted by molar-refractivity contribution is 7.07. The normalized spacial score (nSPS) is 11.9. The van der Waals surface area contributed by atoms with E-state index in [1.807, 2.05) is 58.7 Å². The number of aryl methyl sites for hydroxylation is 1. The summed E-state index contributed by atoms with van der Waals surface area (Å²) in [6.07, 6.45) is 1.89. The van der Waals surface area contributed by atoms with Crippen LogP contribution >= 0.6 is 11.3 Å². The van der Waals surface area contributed by atoms with E-state index in [1.165, 1.54) is 11.3 Å². The summed E-state index contributed by atoms with van der Waals surface area (Å²) in [5, 5.41) is 8.10. The third-order valence-corrected chi connectivity index (χ3v) is 6.99. The molecule has 0 saturated heterocycles. The molecule has 0 aliphatic heterocycles. The Bertz CT molecular complexity index is 1610. The first-order valence-corrected chi connectivity index (χ1v) is 12.7. The van der Waals surface area contributed by atoms with Crippen molar-refractivity contribution >= 4 is 28.5 Å².